The van der Waals surface area contributed by atoms with Crippen molar-refractivity contribution in [3.8, 4) is 22.6 Å². The summed E-state index contributed by atoms with van der Waals surface area (Å²) in [6.45, 7) is 5.79. The second kappa shape index (κ2) is 10.4. The van der Waals surface area contributed by atoms with Gasteiger partial charge in [0.1, 0.15) is 5.69 Å². The number of hydrogen-bond donors (Lipinski definition) is 2. The minimum Gasteiger partial charge on any atom is -0.440 e. The van der Waals surface area contributed by atoms with Gasteiger partial charge in [-0.25, -0.2) is 4.98 Å². The number of anilines is 1. The molecule has 6 heteroatoms. The Bertz CT molecular complexity index is 1230. The van der Waals surface area contributed by atoms with E-state index < -0.39 is 0 Å². The van der Waals surface area contributed by atoms with Gasteiger partial charge in [-0.05, 0) is 45.0 Å². The average molecular weight is 468 g/mol. The van der Waals surface area contributed by atoms with Crippen molar-refractivity contribution in [2.45, 2.75) is 39.2 Å². The van der Waals surface area contributed by atoms with E-state index in [0.717, 1.165) is 16.8 Å². The molecular weight excluding hydrogens is 438 g/mol. The Labute approximate surface area is 205 Å². The van der Waals surface area contributed by atoms with Crippen LogP contribution in [0, 0.1) is 0 Å². The maximum atomic E-state index is 12.6. The maximum absolute atomic E-state index is 12.6. The van der Waals surface area contributed by atoms with Crippen LogP contribution >= 0.6 is 0 Å². The van der Waals surface area contributed by atoms with Crippen molar-refractivity contribution < 1.29 is 14.0 Å². The number of oxazole rings is 1. The van der Waals surface area contributed by atoms with Crippen molar-refractivity contribution in [2.75, 3.05) is 5.32 Å². The first-order chi connectivity index (χ1) is 16.8. The number of carbonyl (C=O) groups excluding carboxylic acids is 2. The predicted octanol–water partition coefficient (Wildman–Crippen LogP) is 6.11. The van der Waals surface area contributed by atoms with Crippen molar-refractivity contribution in [1.29, 1.82) is 0 Å². The summed E-state index contributed by atoms with van der Waals surface area (Å²) in [7, 11) is 0. The van der Waals surface area contributed by atoms with Gasteiger partial charge in [0.25, 0.3) is 5.91 Å². The molecule has 0 bridgehead atoms. The van der Waals surface area contributed by atoms with E-state index in [1.54, 1.807) is 24.3 Å². The van der Waals surface area contributed by atoms with Crippen LogP contribution in [-0.2, 0) is 11.2 Å². The number of benzene rings is 3. The van der Waals surface area contributed by atoms with Gasteiger partial charge in [-0.2, -0.15) is 0 Å². The third-order valence-corrected chi connectivity index (χ3v) is 5.24. The first-order valence-electron chi connectivity index (χ1n) is 11.6. The molecular formula is C29H29N3O3. The quantitative estimate of drug-likeness (QED) is 0.344. The SMILES string of the molecule is CC(C)(C)NC(=O)c1ccc(NC(=O)CCc2nc(-c3ccccc3)c(-c3ccccc3)o2)cc1. The Morgan fingerprint density at radius 1 is 0.829 bits per heavy atom. The maximum Gasteiger partial charge on any atom is 0.251 e. The lowest BCUT2D eigenvalue weighted by molar-refractivity contribution is -0.116. The molecule has 3 aromatic carbocycles. The van der Waals surface area contributed by atoms with E-state index in [0.29, 0.717) is 29.3 Å². The molecule has 6 nitrogen and oxygen atoms in total. The van der Waals surface area contributed by atoms with Crippen molar-refractivity contribution in [3.05, 3.63) is 96.4 Å². The van der Waals surface area contributed by atoms with Crippen LogP contribution in [0.4, 0.5) is 5.69 Å². The molecule has 0 radical (unpaired) electrons. The monoisotopic (exact) mass is 467 g/mol. The van der Waals surface area contributed by atoms with Crippen LogP contribution in [-0.4, -0.2) is 22.3 Å². The molecule has 0 aliphatic carbocycles. The van der Waals surface area contributed by atoms with E-state index in [4.69, 9.17) is 9.40 Å². The van der Waals surface area contributed by atoms with E-state index in [1.165, 1.54) is 0 Å². The van der Waals surface area contributed by atoms with Gasteiger partial charge in [0.05, 0.1) is 0 Å². The normalized spacial score (nSPS) is 11.2. The Morgan fingerprint density at radius 3 is 2.03 bits per heavy atom. The summed E-state index contributed by atoms with van der Waals surface area (Å²) in [5, 5.41) is 5.79. The fraction of sp³-hybridized carbons (Fsp3) is 0.207. The number of carbonyl (C=O) groups is 2. The second-order valence-corrected chi connectivity index (χ2v) is 9.35. The number of nitrogens with one attached hydrogen (secondary N) is 2. The second-order valence-electron chi connectivity index (χ2n) is 9.35. The molecule has 1 heterocycles. The summed E-state index contributed by atoms with van der Waals surface area (Å²) in [5.41, 5.74) is 3.51. The fourth-order valence-corrected chi connectivity index (χ4v) is 3.61. The van der Waals surface area contributed by atoms with E-state index in [1.807, 2.05) is 81.4 Å². The van der Waals surface area contributed by atoms with Gasteiger partial charge in [-0.1, -0.05) is 60.7 Å². The smallest absolute Gasteiger partial charge is 0.251 e. The van der Waals surface area contributed by atoms with E-state index >= 15 is 0 Å². The van der Waals surface area contributed by atoms with Gasteiger partial charge < -0.3 is 15.1 Å². The molecule has 0 aliphatic rings. The van der Waals surface area contributed by atoms with Crippen LogP contribution in [0.1, 0.15) is 43.4 Å². The first kappa shape index (κ1) is 24.0. The van der Waals surface area contributed by atoms with Crippen molar-refractivity contribution in [1.82, 2.24) is 10.3 Å². The molecule has 35 heavy (non-hydrogen) atoms. The lowest BCUT2D eigenvalue weighted by Gasteiger charge is -2.20. The molecule has 0 atom stereocenters. The average Bonchev–Trinajstić information content (AvgIpc) is 3.28. The van der Waals surface area contributed by atoms with Gasteiger partial charge in [-0.15, -0.1) is 0 Å². The molecule has 0 saturated heterocycles. The molecule has 0 aliphatic heterocycles. The summed E-state index contributed by atoms with van der Waals surface area (Å²) in [6, 6.07) is 26.5. The fourth-order valence-electron chi connectivity index (χ4n) is 3.61. The number of aryl methyl sites for hydroxylation is 1. The van der Waals surface area contributed by atoms with Crippen LogP contribution in [0.3, 0.4) is 0 Å². The van der Waals surface area contributed by atoms with Crippen molar-refractivity contribution >= 4 is 17.5 Å². The number of aromatic nitrogens is 1. The van der Waals surface area contributed by atoms with Crippen molar-refractivity contribution in [2.24, 2.45) is 0 Å². The molecule has 0 unspecified atom stereocenters. The lowest BCUT2D eigenvalue weighted by atomic mass is 10.1. The van der Waals surface area contributed by atoms with Crippen LogP contribution in [0.5, 0.6) is 0 Å². The largest absolute Gasteiger partial charge is 0.440 e. The molecule has 4 rings (SSSR count). The van der Waals surface area contributed by atoms with Gasteiger partial charge >= 0.3 is 0 Å². The molecule has 0 spiro atoms. The summed E-state index contributed by atoms with van der Waals surface area (Å²) < 4.78 is 6.10. The van der Waals surface area contributed by atoms with E-state index in [9.17, 15) is 9.59 Å². The van der Waals surface area contributed by atoms with E-state index in [-0.39, 0.29) is 23.8 Å². The van der Waals surface area contributed by atoms with Crippen LogP contribution in [0.25, 0.3) is 22.6 Å². The highest BCUT2D eigenvalue weighted by Crippen LogP contribution is 2.32. The third kappa shape index (κ3) is 6.44. The first-order valence-corrected chi connectivity index (χ1v) is 11.6. The molecule has 2 amide bonds. The molecule has 0 saturated carbocycles. The van der Waals surface area contributed by atoms with Crippen molar-refractivity contribution in [3.63, 3.8) is 0 Å². The number of rotatable bonds is 7. The molecule has 0 fully saturated rings. The molecule has 1 aromatic heterocycles. The number of hydrogen-bond acceptors (Lipinski definition) is 4. The zero-order valence-corrected chi connectivity index (χ0v) is 20.2. The summed E-state index contributed by atoms with van der Waals surface area (Å²) in [6.07, 6.45) is 0.583. The summed E-state index contributed by atoms with van der Waals surface area (Å²) in [5.74, 6) is 0.892. The zero-order valence-electron chi connectivity index (χ0n) is 20.2. The third-order valence-electron chi connectivity index (χ3n) is 5.24. The number of amides is 2. The Balaban J connectivity index is 1.42. The van der Waals surface area contributed by atoms with Gasteiger partial charge in [0, 0.05) is 40.8 Å². The van der Waals surface area contributed by atoms with Crippen LogP contribution in [0.15, 0.2) is 89.3 Å². The Kier molecular flexibility index (Phi) is 7.11. The highest BCUT2D eigenvalue weighted by Gasteiger charge is 2.18. The van der Waals surface area contributed by atoms with Crippen LogP contribution < -0.4 is 10.6 Å². The van der Waals surface area contributed by atoms with Gasteiger partial charge in [-0.3, -0.25) is 9.59 Å². The van der Waals surface area contributed by atoms with E-state index in [2.05, 4.69) is 10.6 Å². The highest BCUT2D eigenvalue weighted by atomic mass is 16.4. The lowest BCUT2D eigenvalue weighted by Crippen LogP contribution is -2.40. The van der Waals surface area contributed by atoms with Crippen LogP contribution in [0.2, 0.25) is 0 Å². The van der Waals surface area contributed by atoms with Gasteiger partial charge in [0.2, 0.25) is 5.91 Å². The van der Waals surface area contributed by atoms with Gasteiger partial charge in [0.15, 0.2) is 11.7 Å². The molecule has 4 aromatic rings. The predicted molar refractivity (Wildman–Crippen MR) is 138 cm³/mol. The highest BCUT2D eigenvalue weighted by molar-refractivity contribution is 5.96. The minimum absolute atomic E-state index is 0.150. The zero-order chi connectivity index (χ0) is 24.8. The molecule has 178 valence electrons. The number of nitrogens with zero attached hydrogens (tertiary/aromatic N) is 1. The minimum atomic E-state index is -0.315. The molecule has 2 N–H and O–H groups in total. The standard InChI is InChI=1S/C29H29N3O3/c1-29(2,3)32-28(34)22-14-16-23(17-15-22)30-24(33)18-19-25-31-26(20-10-6-4-7-11-20)27(35-25)21-12-8-5-9-13-21/h4-17H,18-19H2,1-3H3,(H,30,33)(H,32,34). The topological polar surface area (TPSA) is 84.2 Å². The summed E-state index contributed by atoms with van der Waals surface area (Å²) >= 11 is 0. The summed E-state index contributed by atoms with van der Waals surface area (Å²) in [4.78, 5) is 29.5. The Hall–Kier alpha value is -4.19. The Morgan fingerprint density at radius 2 is 1.43 bits per heavy atom.